The zero-order valence-corrected chi connectivity index (χ0v) is 24.8. The number of carboxylic acids is 3. The van der Waals surface area contributed by atoms with E-state index < -0.39 is 31.0 Å². The highest BCUT2D eigenvalue weighted by molar-refractivity contribution is 6.35. The number of pyridine rings is 1. The summed E-state index contributed by atoms with van der Waals surface area (Å²) < 4.78 is 5.91. The van der Waals surface area contributed by atoms with E-state index in [9.17, 15) is 19.5 Å². The molecule has 2 aromatic carbocycles. The van der Waals surface area contributed by atoms with E-state index in [1.165, 1.54) is 17.2 Å². The van der Waals surface area contributed by atoms with Crippen LogP contribution in [0.4, 0.5) is 22.9 Å². The Morgan fingerprint density at radius 1 is 0.955 bits per heavy atom. The van der Waals surface area contributed by atoms with E-state index in [4.69, 9.17) is 37.8 Å². The Kier molecular flexibility index (Phi) is 10.6. The fraction of sp³-hybridized carbons (Fsp3) is 0.207. The number of halogens is 2. The molecule has 44 heavy (non-hydrogen) atoms. The molecule has 0 radical (unpaired) electrons. The molecule has 0 aliphatic rings. The van der Waals surface area contributed by atoms with Crippen LogP contribution in [-0.2, 0) is 16.1 Å². The highest BCUT2D eigenvalue weighted by atomic mass is 35.5. The molecule has 0 bridgehead atoms. The maximum Gasteiger partial charge on any atom is 0.337 e. The standard InChI is InChI=1S/C29H28Cl2N6O7/c1-16-10-22(32-8-9-37(14-25(38)39)15-26(40)41)27(28(35-16)36-21-5-3-2-4-18(21)29(42)43)34-13-24-33-12-23(44-24)19-11-17(30)6-7-20(19)31/h2-7,10-12,34H,8-9,13-15H2,1H3,(H,38,39)(H,40,41)(H,42,43)(H2,32,35,36). The smallest absolute Gasteiger partial charge is 0.337 e. The van der Waals surface area contributed by atoms with Crippen LogP contribution in [0.5, 0.6) is 0 Å². The second-order valence-corrected chi connectivity index (χ2v) is 10.4. The molecule has 2 aromatic heterocycles. The average molecular weight is 643 g/mol. The number of oxazole rings is 1. The number of nitrogens with one attached hydrogen (secondary N) is 3. The predicted octanol–water partition coefficient (Wildman–Crippen LogP) is 5.29. The number of carboxylic acid groups (broad SMARTS) is 3. The first-order valence-corrected chi connectivity index (χ1v) is 13.9. The van der Waals surface area contributed by atoms with Crippen molar-refractivity contribution < 1.29 is 34.1 Å². The van der Waals surface area contributed by atoms with Gasteiger partial charge in [-0.05, 0) is 43.3 Å². The Balaban J connectivity index is 1.63. The summed E-state index contributed by atoms with van der Waals surface area (Å²) in [4.78, 5) is 44.5. The fourth-order valence-electron chi connectivity index (χ4n) is 4.30. The Hall–Kier alpha value is -4.85. The Labute approximate surface area is 261 Å². The molecule has 230 valence electrons. The third-order valence-electron chi connectivity index (χ3n) is 6.18. The van der Waals surface area contributed by atoms with Crippen LogP contribution in [0.1, 0.15) is 21.9 Å². The quantitative estimate of drug-likeness (QED) is 0.0981. The summed E-state index contributed by atoms with van der Waals surface area (Å²) in [7, 11) is 0. The Bertz CT molecular complexity index is 1660. The van der Waals surface area contributed by atoms with E-state index in [0.717, 1.165) is 0 Å². The van der Waals surface area contributed by atoms with Gasteiger partial charge in [0.15, 0.2) is 11.6 Å². The van der Waals surface area contributed by atoms with Crippen molar-refractivity contribution in [3.05, 3.63) is 81.9 Å². The fourth-order valence-corrected chi connectivity index (χ4v) is 4.68. The van der Waals surface area contributed by atoms with Crippen LogP contribution < -0.4 is 16.0 Å². The van der Waals surface area contributed by atoms with Gasteiger partial charge in [0.1, 0.15) is 5.69 Å². The predicted molar refractivity (Wildman–Crippen MR) is 165 cm³/mol. The van der Waals surface area contributed by atoms with Crippen LogP contribution >= 0.6 is 23.2 Å². The lowest BCUT2D eigenvalue weighted by Crippen LogP contribution is -2.37. The van der Waals surface area contributed by atoms with Crippen molar-refractivity contribution in [1.29, 1.82) is 0 Å². The normalized spacial score (nSPS) is 10.9. The molecule has 15 heteroatoms. The average Bonchev–Trinajstić information content (AvgIpc) is 3.42. The van der Waals surface area contributed by atoms with E-state index >= 15 is 0 Å². The molecule has 0 fully saturated rings. The van der Waals surface area contributed by atoms with Crippen LogP contribution in [-0.4, -0.2) is 74.3 Å². The highest BCUT2D eigenvalue weighted by Gasteiger charge is 2.18. The zero-order valence-electron chi connectivity index (χ0n) is 23.3. The molecular formula is C29H28Cl2N6O7. The topological polar surface area (TPSA) is 190 Å². The molecule has 4 rings (SSSR count). The van der Waals surface area contributed by atoms with Crippen molar-refractivity contribution in [2.45, 2.75) is 13.5 Å². The minimum absolute atomic E-state index is 0.0324. The number of aliphatic carboxylic acids is 2. The van der Waals surface area contributed by atoms with Gasteiger partial charge >= 0.3 is 17.9 Å². The van der Waals surface area contributed by atoms with E-state index in [0.29, 0.717) is 55.8 Å². The van der Waals surface area contributed by atoms with E-state index in [2.05, 4.69) is 25.9 Å². The number of anilines is 4. The number of aromatic nitrogens is 2. The van der Waals surface area contributed by atoms with Crippen LogP contribution in [0.2, 0.25) is 10.0 Å². The number of aromatic carboxylic acids is 1. The lowest BCUT2D eigenvalue weighted by atomic mass is 10.1. The maximum absolute atomic E-state index is 11.8. The number of rotatable bonds is 15. The summed E-state index contributed by atoms with van der Waals surface area (Å²) in [6.45, 7) is 1.22. The Morgan fingerprint density at radius 3 is 2.39 bits per heavy atom. The first kappa shape index (κ1) is 32.1. The van der Waals surface area contributed by atoms with Crippen LogP contribution in [0.3, 0.4) is 0 Å². The number of aryl methyl sites for hydroxylation is 1. The number of nitrogens with zero attached hydrogens (tertiary/aromatic N) is 3. The summed E-state index contributed by atoms with van der Waals surface area (Å²) in [6.07, 6.45) is 1.52. The SMILES string of the molecule is Cc1cc(NCCN(CC(=O)O)CC(=O)O)c(NCc2ncc(-c3cc(Cl)ccc3Cl)o2)c(Nc2ccccc2C(=O)O)n1. The number of benzene rings is 2. The lowest BCUT2D eigenvalue weighted by molar-refractivity contribution is -0.141. The monoisotopic (exact) mass is 642 g/mol. The van der Waals surface area contributed by atoms with Gasteiger partial charge in [-0.15, -0.1) is 0 Å². The van der Waals surface area contributed by atoms with Crippen molar-refractivity contribution >= 4 is 64.0 Å². The number of hydrogen-bond donors (Lipinski definition) is 6. The first-order valence-electron chi connectivity index (χ1n) is 13.1. The third kappa shape index (κ3) is 8.60. The van der Waals surface area contributed by atoms with Gasteiger partial charge in [0.2, 0.25) is 5.89 Å². The second-order valence-electron chi connectivity index (χ2n) is 9.53. The summed E-state index contributed by atoms with van der Waals surface area (Å²) >= 11 is 12.4. The molecule has 0 aliphatic carbocycles. The minimum atomic E-state index is -1.15. The molecule has 4 aromatic rings. The summed E-state index contributed by atoms with van der Waals surface area (Å²) in [5.74, 6) is -2.44. The molecule has 2 heterocycles. The highest BCUT2D eigenvalue weighted by Crippen LogP contribution is 2.35. The van der Waals surface area contributed by atoms with Crippen molar-refractivity contribution in [1.82, 2.24) is 14.9 Å². The van der Waals surface area contributed by atoms with Gasteiger partial charge < -0.3 is 35.7 Å². The lowest BCUT2D eigenvalue weighted by Gasteiger charge is -2.21. The minimum Gasteiger partial charge on any atom is -0.480 e. The van der Waals surface area contributed by atoms with Gasteiger partial charge in [0.25, 0.3) is 0 Å². The second kappa shape index (κ2) is 14.6. The van der Waals surface area contributed by atoms with Crippen molar-refractivity contribution in [3.8, 4) is 11.3 Å². The molecular weight excluding hydrogens is 615 g/mol. The number of carbonyl (C=O) groups is 3. The summed E-state index contributed by atoms with van der Waals surface area (Å²) in [6, 6.07) is 13.1. The van der Waals surface area contributed by atoms with E-state index in [-0.39, 0.29) is 25.2 Å². The van der Waals surface area contributed by atoms with Crippen LogP contribution in [0.15, 0.2) is 59.1 Å². The van der Waals surface area contributed by atoms with Gasteiger partial charge in [-0.2, -0.15) is 0 Å². The summed E-state index contributed by atoms with van der Waals surface area (Å²) in [5, 5.41) is 38.5. The third-order valence-corrected chi connectivity index (χ3v) is 6.75. The molecule has 0 saturated heterocycles. The molecule has 0 unspecified atom stereocenters. The summed E-state index contributed by atoms with van der Waals surface area (Å²) in [5.41, 5.74) is 2.44. The molecule has 13 nitrogen and oxygen atoms in total. The molecule has 0 spiro atoms. The largest absolute Gasteiger partial charge is 0.480 e. The van der Waals surface area contributed by atoms with Gasteiger partial charge in [-0.3, -0.25) is 14.5 Å². The van der Waals surface area contributed by atoms with E-state index in [1.807, 2.05) is 0 Å². The van der Waals surface area contributed by atoms with Gasteiger partial charge in [-0.25, -0.2) is 14.8 Å². The van der Waals surface area contributed by atoms with Crippen LogP contribution in [0, 0.1) is 6.92 Å². The Morgan fingerprint density at radius 2 is 1.68 bits per heavy atom. The van der Waals surface area contributed by atoms with Crippen molar-refractivity contribution in [2.24, 2.45) is 0 Å². The molecule has 0 atom stereocenters. The van der Waals surface area contributed by atoms with E-state index in [1.54, 1.807) is 49.4 Å². The van der Waals surface area contributed by atoms with Gasteiger partial charge in [0.05, 0.1) is 47.8 Å². The molecule has 0 amide bonds. The zero-order chi connectivity index (χ0) is 31.8. The maximum atomic E-state index is 11.8. The molecule has 6 N–H and O–H groups in total. The molecule has 0 aliphatic heterocycles. The van der Waals surface area contributed by atoms with Crippen molar-refractivity contribution in [2.75, 3.05) is 42.1 Å². The number of hydrogen-bond acceptors (Lipinski definition) is 10. The first-order chi connectivity index (χ1) is 21.0. The van der Waals surface area contributed by atoms with Gasteiger partial charge in [-0.1, -0.05) is 35.3 Å². The van der Waals surface area contributed by atoms with Gasteiger partial charge in [0, 0.05) is 29.4 Å². The number of para-hydroxylation sites is 1. The molecule has 0 saturated carbocycles. The van der Waals surface area contributed by atoms with Crippen molar-refractivity contribution in [3.63, 3.8) is 0 Å². The van der Waals surface area contributed by atoms with Crippen LogP contribution in [0.25, 0.3) is 11.3 Å².